The molecular formula is C14H17F3N2O3. The van der Waals surface area contributed by atoms with Crippen molar-refractivity contribution in [3.8, 4) is 0 Å². The highest BCUT2D eigenvalue weighted by Crippen LogP contribution is 2.14. The number of benzene rings is 1. The Balaban J connectivity index is 0.000000295. The number of carbonyl (C=O) groups is 2. The topological polar surface area (TPSA) is 78.4 Å². The first-order chi connectivity index (χ1) is 10.3. The summed E-state index contributed by atoms with van der Waals surface area (Å²) in [6, 6.07) is 9.61. The first-order valence-electron chi connectivity index (χ1n) is 6.67. The van der Waals surface area contributed by atoms with Crippen molar-refractivity contribution in [1.82, 2.24) is 5.32 Å². The van der Waals surface area contributed by atoms with Crippen molar-refractivity contribution in [1.29, 1.82) is 0 Å². The van der Waals surface area contributed by atoms with Crippen LogP contribution in [0.4, 0.5) is 18.9 Å². The van der Waals surface area contributed by atoms with Crippen LogP contribution in [0.15, 0.2) is 30.3 Å². The summed E-state index contributed by atoms with van der Waals surface area (Å²) in [6.45, 7) is 1.84. The number of carboxylic acids is 1. The molecule has 3 N–H and O–H groups in total. The van der Waals surface area contributed by atoms with Crippen LogP contribution >= 0.6 is 0 Å². The van der Waals surface area contributed by atoms with E-state index in [0.717, 1.165) is 31.6 Å². The van der Waals surface area contributed by atoms with Crippen molar-refractivity contribution in [2.75, 3.05) is 18.4 Å². The van der Waals surface area contributed by atoms with E-state index in [2.05, 4.69) is 10.6 Å². The molecule has 1 heterocycles. The molecule has 0 radical (unpaired) electrons. The number of carbonyl (C=O) groups excluding carboxylic acids is 1. The second-order valence-corrected chi connectivity index (χ2v) is 4.70. The van der Waals surface area contributed by atoms with Crippen molar-refractivity contribution >= 4 is 17.6 Å². The molecule has 5 nitrogen and oxygen atoms in total. The first kappa shape index (κ1) is 18.0. The molecule has 0 saturated carbocycles. The number of carboxylic acid groups (broad SMARTS) is 1. The smallest absolute Gasteiger partial charge is 0.475 e. The summed E-state index contributed by atoms with van der Waals surface area (Å²) in [5, 5.41) is 13.3. The van der Waals surface area contributed by atoms with Crippen LogP contribution in [0.5, 0.6) is 0 Å². The Morgan fingerprint density at radius 2 is 1.82 bits per heavy atom. The highest BCUT2D eigenvalue weighted by molar-refractivity contribution is 5.92. The minimum absolute atomic E-state index is 0.124. The third-order valence-corrected chi connectivity index (χ3v) is 2.95. The van der Waals surface area contributed by atoms with Gasteiger partial charge in [-0.25, -0.2) is 4.79 Å². The highest BCUT2D eigenvalue weighted by Gasteiger charge is 2.38. The van der Waals surface area contributed by atoms with E-state index >= 15 is 0 Å². The summed E-state index contributed by atoms with van der Waals surface area (Å²) >= 11 is 0. The van der Waals surface area contributed by atoms with Gasteiger partial charge in [0.25, 0.3) is 0 Å². The number of amides is 1. The van der Waals surface area contributed by atoms with E-state index in [1.54, 1.807) is 0 Å². The monoisotopic (exact) mass is 318 g/mol. The van der Waals surface area contributed by atoms with Gasteiger partial charge in [0.1, 0.15) is 0 Å². The molecule has 1 aromatic rings. The molecule has 0 aliphatic carbocycles. The van der Waals surface area contributed by atoms with E-state index in [9.17, 15) is 18.0 Å². The third kappa shape index (κ3) is 6.57. The van der Waals surface area contributed by atoms with Gasteiger partial charge in [-0.1, -0.05) is 18.2 Å². The van der Waals surface area contributed by atoms with E-state index < -0.39 is 12.1 Å². The third-order valence-electron chi connectivity index (χ3n) is 2.95. The normalized spacial score (nSPS) is 17.9. The molecule has 1 fully saturated rings. The molecule has 0 spiro atoms. The van der Waals surface area contributed by atoms with Crippen LogP contribution in [0.3, 0.4) is 0 Å². The second-order valence-electron chi connectivity index (χ2n) is 4.70. The lowest BCUT2D eigenvalue weighted by Gasteiger charge is -2.21. The predicted molar refractivity (Wildman–Crippen MR) is 74.4 cm³/mol. The summed E-state index contributed by atoms with van der Waals surface area (Å²) in [5.41, 5.74) is 0.882. The van der Waals surface area contributed by atoms with Crippen LogP contribution in [0.2, 0.25) is 0 Å². The maximum atomic E-state index is 11.8. The lowest BCUT2D eigenvalue weighted by molar-refractivity contribution is -0.192. The number of piperidine rings is 1. The molecule has 122 valence electrons. The van der Waals surface area contributed by atoms with E-state index in [1.165, 1.54) is 0 Å². The maximum Gasteiger partial charge on any atom is 0.490 e. The molecule has 1 aromatic carbocycles. The molecule has 22 heavy (non-hydrogen) atoms. The minimum Gasteiger partial charge on any atom is -0.475 e. The molecular weight excluding hydrogens is 301 g/mol. The molecule has 1 saturated heterocycles. The maximum absolute atomic E-state index is 11.8. The lowest BCUT2D eigenvalue weighted by atomic mass is 9.99. The van der Waals surface area contributed by atoms with Gasteiger partial charge in [0.05, 0.1) is 5.92 Å². The van der Waals surface area contributed by atoms with Crippen LogP contribution in [-0.2, 0) is 9.59 Å². The lowest BCUT2D eigenvalue weighted by Crippen LogP contribution is -2.37. The number of anilines is 1. The molecule has 1 aliphatic rings. The molecule has 1 atom stereocenters. The number of para-hydroxylation sites is 1. The van der Waals surface area contributed by atoms with Gasteiger partial charge < -0.3 is 15.7 Å². The molecule has 1 amide bonds. The average molecular weight is 318 g/mol. The van der Waals surface area contributed by atoms with Gasteiger partial charge in [0, 0.05) is 12.2 Å². The summed E-state index contributed by atoms with van der Waals surface area (Å²) < 4.78 is 31.7. The zero-order valence-electron chi connectivity index (χ0n) is 11.7. The van der Waals surface area contributed by atoms with Gasteiger partial charge in [0.2, 0.25) is 5.91 Å². The first-order valence-corrected chi connectivity index (χ1v) is 6.67. The zero-order valence-corrected chi connectivity index (χ0v) is 11.7. The number of hydrogen-bond acceptors (Lipinski definition) is 3. The van der Waals surface area contributed by atoms with Crippen molar-refractivity contribution in [3.05, 3.63) is 30.3 Å². The van der Waals surface area contributed by atoms with Gasteiger partial charge in [-0.05, 0) is 31.5 Å². The van der Waals surface area contributed by atoms with E-state index in [0.29, 0.717) is 0 Å². The summed E-state index contributed by atoms with van der Waals surface area (Å²) in [5.74, 6) is -2.50. The van der Waals surface area contributed by atoms with Gasteiger partial charge in [-0.15, -0.1) is 0 Å². The Kier molecular flexibility index (Phi) is 6.84. The highest BCUT2D eigenvalue weighted by atomic mass is 19.4. The standard InChI is InChI=1S/C12H16N2O.C2HF3O2/c15-12(10-5-4-8-13-9-10)14-11-6-2-1-3-7-11;3-2(4,5)1(6)7/h1-3,6-7,10,13H,4-5,8-9H2,(H,14,15);(H,6,7)/t10-;/m0./s1. The Morgan fingerprint density at radius 1 is 1.23 bits per heavy atom. The average Bonchev–Trinajstić information content (AvgIpc) is 2.49. The fourth-order valence-electron chi connectivity index (χ4n) is 1.84. The summed E-state index contributed by atoms with van der Waals surface area (Å²) in [4.78, 5) is 20.7. The largest absolute Gasteiger partial charge is 0.490 e. The van der Waals surface area contributed by atoms with E-state index in [1.807, 2.05) is 30.3 Å². The van der Waals surface area contributed by atoms with Crippen molar-refractivity contribution < 1.29 is 27.9 Å². The van der Waals surface area contributed by atoms with Crippen LogP contribution in [0.25, 0.3) is 0 Å². The quantitative estimate of drug-likeness (QED) is 0.781. The van der Waals surface area contributed by atoms with Crippen molar-refractivity contribution in [2.24, 2.45) is 5.92 Å². The predicted octanol–water partition coefficient (Wildman–Crippen LogP) is 2.26. The van der Waals surface area contributed by atoms with Crippen LogP contribution < -0.4 is 10.6 Å². The second kappa shape index (κ2) is 8.38. The molecule has 0 unspecified atom stereocenters. The fraction of sp³-hybridized carbons (Fsp3) is 0.429. The van der Waals surface area contributed by atoms with Crippen LogP contribution in [0, 0.1) is 5.92 Å². The Labute approximate surface area is 125 Å². The van der Waals surface area contributed by atoms with Crippen molar-refractivity contribution in [3.63, 3.8) is 0 Å². The van der Waals surface area contributed by atoms with Crippen molar-refractivity contribution in [2.45, 2.75) is 19.0 Å². The number of rotatable bonds is 2. The fourth-order valence-corrected chi connectivity index (χ4v) is 1.84. The van der Waals surface area contributed by atoms with Gasteiger partial charge >= 0.3 is 12.1 Å². The summed E-state index contributed by atoms with van der Waals surface area (Å²) in [7, 11) is 0. The molecule has 8 heteroatoms. The number of halogens is 3. The van der Waals surface area contributed by atoms with Gasteiger partial charge in [0.15, 0.2) is 0 Å². The van der Waals surface area contributed by atoms with E-state index in [-0.39, 0.29) is 11.8 Å². The zero-order chi connectivity index (χ0) is 16.6. The molecule has 0 bridgehead atoms. The summed E-state index contributed by atoms with van der Waals surface area (Å²) in [6.07, 6.45) is -3.00. The Bertz CT molecular complexity index is 486. The molecule has 2 rings (SSSR count). The Hall–Kier alpha value is -2.09. The minimum atomic E-state index is -5.08. The number of hydrogen-bond donors (Lipinski definition) is 3. The number of nitrogens with one attached hydrogen (secondary N) is 2. The van der Waals surface area contributed by atoms with Crippen LogP contribution in [-0.4, -0.2) is 36.2 Å². The van der Waals surface area contributed by atoms with Gasteiger partial charge in [-0.3, -0.25) is 4.79 Å². The Morgan fingerprint density at radius 3 is 2.27 bits per heavy atom. The molecule has 1 aliphatic heterocycles. The number of alkyl halides is 3. The van der Waals surface area contributed by atoms with Crippen LogP contribution in [0.1, 0.15) is 12.8 Å². The van der Waals surface area contributed by atoms with Gasteiger partial charge in [-0.2, -0.15) is 13.2 Å². The van der Waals surface area contributed by atoms with E-state index in [4.69, 9.17) is 9.90 Å². The SMILES string of the molecule is O=C(Nc1ccccc1)[C@H]1CCCNC1.O=C(O)C(F)(F)F. The number of aliphatic carboxylic acids is 1. The molecule has 0 aromatic heterocycles.